The lowest BCUT2D eigenvalue weighted by Gasteiger charge is -2.07. The number of ether oxygens (including phenoxy) is 1. The van der Waals surface area contributed by atoms with Crippen molar-refractivity contribution in [3.05, 3.63) is 75.5 Å². The van der Waals surface area contributed by atoms with Gasteiger partial charge in [0, 0.05) is 36.5 Å². The van der Waals surface area contributed by atoms with E-state index in [1.165, 1.54) is 12.1 Å². The summed E-state index contributed by atoms with van der Waals surface area (Å²) >= 11 is 6.16. The molecule has 0 aliphatic heterocycles. The summed E-state index contributed by atoms with van der Waals surface area (Å²) < 4.78 is 11.0. The van der Waals surface area contributed by atoms with Crippen LogP contribution in [0.3, 0.4) is 0 Å². The molecule has 0 aliphatic carbocycles. The highest BCUT2D eigenvalue weighted by Gasteiger charge is 2.08. The third-order valence-electron chi connectivity index (χ3n) is 4.11. The molecule has 9 heteroatoms. The van der Waals surface area contributed by atoms with Crippen molar-refractivity contribution < 1.29 is 14.1 Å². The van der Waals surface area contributed by atoms with E-state index in [2.05, 4.69) is 10.6 Å². The number of benzene rings is 2. The summed E-state index contributed by atoms with van der Waals surface area (Å²) in [6, 6.07) is 15.7. The van der Waals surface area contributed by atoms with E-state index < -0.39 is 4.92 Å². The van der Waals surface area contributed by atoms with E-state index in [9.17, 15) is 10.1 Å². The Balaban J connectivity index is 0.00000300. The van der Waals surface area contributed by atoms with Crippen LogP contribution in [0.5, 0.6) is 5.75 Å². The summed E-state index contributed by atoms with van der Waals surface area (Å²) in [6.45, 7) is 1.98. The van der Waals surface area contributed by atoms with E-state index in [0.29, 0.717) is 30.4 Å². The first-order chi connectivity index (χ1) is 13.6. The van der Waals surface area contributed by atoms with Crippen LogP contribution in [0.25, 0.3) is 11.3 Å². The molecule has 1 heterocycles. The zero-order chi connectivity index (χ0) is 19.9. The van der Waals surface area contributed by atoms with Gasteiger partial charge < -0.3 is 19.8 Å². The number of halogens is 2. The number of hydrogen-bond acceptors (Lipinski definition) is 6. The van der Waals surface area contributed by atoms with E-state index in [0.717, 1.165) is 22.8 Å². The van der Waals surface area contributed by atoms with Crippen LogP contribution in [0.15, 0.2) is 59.0 Å². The van der Waals surface area contributed by atoms with Crippen LogP contribution in [-0.4, -0.2) is 25.1 Å². The molecule has 7 nitrogen and oxygen atoms in total. The average Bonchev–Trinajstić information content (AvgIpc) is 3.17. The first-order valence-electron chi connectivity index (χ1n) is 8.68. The second-order valence-electron chi connectivity index (χ2n) is 6.02. The summed E-state index contributed by atoms with van der Waals surface area (Å²) in [7, 11) is 1.58. The van der Waals surface area contributed by atoms with Gasteiger partial charge in [-0.1, -0.05) is 11.6 Å². The number of rotatable bonds is 9. The number of nitro groups is 1. The molecule has 0 atom stereocenters. The molecule has 0 bridgehead atoms. The zero-order valence-corrected chi connectivity index (χ0v) is 17.3. The van der Waals surface area contributed by atoms with E-state index in [4.69, 9.17) is 20.8 Å². The predicted octanol–water partition coefficient (Wildman–Crippen LogP) is 5.14. The van der Waals surface area contributed by atoms with Gasteiger partial charge in [-0.3, -0.25) is 10.1 Å². The molecule has 29 heavy (non-hydrogen) atoms. The van der Waals surface area contributed by atoms with Crippen molar-refractivity contribution in [2.24, 2.45) is 0 Å². The number of non-ortho nitro benzene ring substituents is 1. The first kappa shape index (κ1) is 22.5. The van der Waals surface area contributed by atoms with Gasteiger partial charge in [-0.05, 0) is 42.5 Å². The Hall–Kier alpha value is -2.74. The molecule has 0 fully saturated rings. The predicted molar refractivity (Wildman–Crippen MR) is 116 cm³/mol. The lowest BCUT2D eigenvalue weighted by molar-refractivity contribution is -0.384. The van der Waals surface area contributed by atoms with E-state index in [1.807, 2.05) is 30.3 Å². The average molecular weight is 438 g/mol. The fraction of sp³-hybridized carbons (Fsp3) is 0.200. The van der Waals surface area contributed by atoms with Gasteiger partial charge in [0.25, 0.3) is 5.69 Å². The van der Waals surface area contributed by atoms with Crippen LogP contribution in [-0.2, 0) is 6.54 Å². The van der Waals surface area contributed by atoms with Crippen molar-refractivity contribution >= 4 is 35.4 Å². The molecule has 2 N–H and O–H groups in total. The van der Waals surface area contributed by atoms with Crippen molar-refractivity contribution in [1.82, 2.24) is 5.32 Å². The third-order valence-corrected chi connectivity index (χ3v) is 4.40. The largest absolute Gasteiger partial charge is 0.495 e. The maximum Gasteiger partial charge on any atom is 0.269 e. The van der Waals surface area contributed by atoms with Gasteiger partial charge in [-0.15, -0.1) is 12.4 Å². The maximum absolute atomic E-state index is 10.6. The summed E-state index contributed by atoms with van der Waals surface area (Å²) in [5.74, 6) is 2.18. The van der Waals surface area contributed by atoms with Crippen molar-refractivity contribution in [3.8, 4) is 17.1 Å². The van der Waals surface area contributed by atoms with Gasteiger partial charge in [-0.25, -0.2) is 0 Å². The quantitative estimate of drug-likeness (QED) is 0.273. The molecule has 0 spiro atoms. The Morgan fingerprint density at radius 1 is 1.10 bits per heavy atom. The van der Waals surface area contributed by atoms with Crippen molar-refractivity contribution in [2.75, 3.05) is 25.5 Å². The normalized spacial score (nSPS) is 10.3. The molecular formula is C20H21Cl2N3O4. The van der Waals surface area contributed by atoms with Crippen molar-refractivity contribution in [2.45, 2.75) is 6.54 Å². The van der Waals surface area contributed by atoms with Crippen LogP contribution in [0.1, 0.15) is 5.76 Å². The SMILES string of the molecule is COc1ccc(-c2ccc(CNCCNc3ccc([N+](=O)[O-])cc3)o2)cc1Cl.Cl. The highest BCUT2D eigenvalue weighted by atomic mass is 35.5. The molecule has 0 saturated heterocycles. The van der Waals surface area contributed by atoms with E-state index in [-0.39, 0.29) is 18.1 Å². The minimum Gasteiger partial charge on any atom is -0.495 e. The van der Waals surface area contributed by atoms with Crippen LogP contribution in [0.4, 0.5) is 11.4 Å². The number of nitrogens with zero attached hydrogens (tertiary/aromatic N) is 1. The van der Waals surface area contributed by atoms with E-state index >= 15 is 0 Å². The second-order valence-corrected chi connectivity index (χ2v) is 6.43. The fourth-order valence-electron chi connectivity index (χ4n) is 2.66. The Morgan fingerprint density at radius 2 is 1.86 bits per heavy atom. The number of nitrogens with one attached hydrogen (secondary N) is 2. The number of nitro benzene ring substituents is 1. The van der Waals surface area contributed by atoms with Gasteiger partial charge >= 0.3 is 0 Å². The number of methoxy groups -OCH3 is 1. The lowest BCUT2D eigenvalue weighted by atomic mass is 10.2. The molecule has 2 aromatic carbocycles. The number of anilines is 1. The summed E-state index contributed by atoms with van der Waals surface area (Å²) in [5, 5.41) is 17.7. The van der Waals surface area contributed by atoms with Gasteiger partial charge in [0.1, 0.15) is 17.3 Å². The Kier molecular flexibility index (Phi) is 8.33. The first-order valence-corrected chi connectivity index (χ1v) is 9.06. The monoisotopic (exact) mass is 437 g/mol. The summed E-state index contributed by atoms with van der Waals surface area (Å²) in [6.07, 6.45) is 0. The fourth-order valence-corrected chi connectivity index (χ4v) is 2.91. The molecular weight excluding hydrogens is 417 g/mol. The van der Waals surface area contributed by atoms with Gasteiger partial charge in [0.15, 0.2) is 0 Å². The highest BCUT2D eigenvalue weighted by molar-refractivity contribution is 6.32. The minimum atomic E-state index is -0.414. The topological polar surface area (TPSA) is 89.6 Å². The molecule has 0 saturated carbocycles. The van der Waals surface area contributed by atoms with Gasteiger partial charge in [0.2, 0.25) is 0 Å². The molecule has 3 rings (SSSR count). The zero-order valence-electron chi connectivity index (χ0n) is 15.7. The molecule has 0 amide bonds. The van der Waals surface area contributed by atoms with Crippen LogP contribution >= 0.6 is 24.0 Å². The smallest absolute Gasteiger partial charge is 0.269 e. The highest BCUT2D eigenvalue weighted by Crippen LogP contribution is 2.31. The van der Waals surface area contributed by atoms with Crippen molar-refractivity contribution in [1.29, 1.82) is 0 Å². The van der Waals surface area contributed by atoms with Gasteiger partial charge in [0.05, 0.1) is 23.6 Å². The Labute approximate surface area is 179 Å². The molecule has 154 valence electrons. The Bertz CT molecular complexity index is 945. The Morgan fingerprint density at radius 3 is 2.52 bits per heavy atom. The molecule has 0 aliphatic rings. The van der Waals surface area contributed by atoms with Crippen LogP contribution < -0.4 is 15.4 Å². The minimum absolute atomic E-state index is 0. The summed E-state index contributed by atoms with van der Waals surface area (Å²) in [4.78, 5) is 10.2. The standard InChI is InChI=1S/C20H20ClN3O4.ClH/c1-27-20-8-2-14(12-18(20)21)19-9-7-17(28-19)13-22-10-11-23-15-3-5-16(6-4-15)24(25)26;/h2-9,12,22-23H,10-11,13H2,1H3;1H. The number of furan rings is 1. The maximum atomic E-state index is 10.6. The third kappa shape index (κ3) is 6.12. The van der Waals surface area contributed by atoms with Crippen molar-refractivity contribution in [3.63, 3.8) is 0 Å². The van der Waals surface area contributed by atoms with Gasteiger partial charge in [-0.2, -0.15) is 0 Å². The molecule has 0 unspecified atom stereocenters. The lowest BCUT2D eigenvalue weighted by Crippen LogP contribution is -2.21. The van der Waals surface area contributed by atoms with E-state index in [1.54, 1.807) is 19.2 Å². The summed E-state index contributed by atoms with van der Waals surface area (Å²) in [5.41, 5.74) is 1.80. The molecule has 0 radical (unpaired) electrons. The van der Waals surface area contributed by atoms with Crippen LogP contribution in [0.2, 0.25) is 5.02 Å². The van der Waals surface area contributed by atoms with Crippen LogP contribution in [0, 0.1) is 10.1 Å². The second kappa shape index (κ2) is 10.7. The molecule has 3 aromatic rings. The number of hydrogen-bond donors (Lipinski definition) is 2. The molecule has 1 aromatic heterocycles.